The molecular formula is C17H16N2O. The average Bonchev–Trinajstić information content (AvgIpc) is 2.44. The number of hydrogen-bond acceptors (Lipinski definition) is 2. The van der Waals surface area contributed by atoms with Crippen LogP contribution in [0.4, 0.5) is 5.69 Å². The van der Waals surface area contributed by atoms with Gasteiger partial charge in [-0.05, 0) is 55.3 Å². The van der Waals surface area contributed by atoms with E-state index in [4.69, 9.17) is 5.26 Å². The second kappa shape index (κ2) is 5.58. The van der Waals surface area contributed by atoms with Crippen LogP contribution in [-0.4, -0.2) is 13.0 Å². The van der Waals surface area contributed by atoms with Crippen LogP contribution in [0.1, 0.15) is 27.0 Å². The maximum atomic E-state index is 12.5. The van der Waals surface area contributed by atoms with Crippen molar-refractivity contribution in [1.82, 2.24) is 0 Å². The molecule has 2 rings (SSSR count). The maximum absolute atomic E-state index is 12.5. The Hall–Kier alpha value is -2.60. The smallest absolute Gasteiger partial charge is 0.258 e. The zero-order chi connectivity index (χ0) is 14.7. The van der Waals surface area contributed by atoms with Gasteiger partial charge in [0, 0.05) is 18.3 Å². The van der Waals surface area contributed by atoms with Gasteiger partial charge in [0.25, 0.3) is 5.91 Å². The fraction of sp³-hybridized carbons (Fsp3) is 0.176. The number of carbonyl (C=O) groups is 1. The van der Waals surface area contributed by atoms with Gasteiger partial charge in [0.2, 0.25) is 0 Å². The first-order valence-corrected chi connectivity index (χ1v) is 6.38. The van der Waals surface area contributed by atoms with Gasteiger partial charge in [0.1, 0.15) is 0 Å². The summed E-state index contributed by atoms with van der Waals surface area (Å²) in [5, 5.41) is 8.90. The molecule has 0 aromatic heterocycles. The Morgan fingerprint density at radius 1 is 1.10 bits per heavy atom. The van der Waals surface area contributed by atoms with Crippen molar-refractivity contribution >= 4 is 11.6 Å². The molecule has 0 fully saturated rings. The first-order chi connectivity index (χ1) is 9.51. The van der Waals surface area contributed by atoms with Crippen LogP contribution in [0.15, 0.2) is 42.5 Å². The minimum atomic E-state index is -0.118. The van der Waals surface area contributed by atoms with Crippen molar-refractivity contribution in [3.63, 3.8) is 0 Å². The van der Waals surface area contributed by atoms with E-state index in [-0.39, 0.29) is 5.91 Å². The van der Waals surface area contributed by atoms with E-state index in [1.807, 2.05) is 32.0 Å². The number of rotatable bonds is 2. The van der Waals surface area contributed by atoms with Crippen molar-refractivity contribution in [3.05, 3.63) is 64.7 Å². The maximum Gasteiger partial charge on any atom is 0.258 e. The average molecular weight is 264 g/mol. The standard InChI is InChI=1S/C17H16N2O/c1-12-7-13(2)9-16(8-12)19(3)17(20)15-6-4-5-14(10-15)11-18/h4-10H,1-3H3. The molecule has 0 radical (unpaired) electrons. The van der Waals surface area contributed by atoms with E-state index >= 15 is 0 Å². The minimum Gasteiger partial charge on any atom is -0.311 e. The Morgan fingerprint density at radius 2 is 1.75 bits per heavy atom. The van der Waals surface area contributed by atoms with E-state index in [0.29, 0.717) is 11.1 Å². The number of amides is 1. The number of anilines is 1. The summed E-state index contributed by atoms with van der Waals surface area (Å²) < 4.78 is 0. The van der Waals surface area contributed by atoms with Gasteiger partial charge in [-0.25, -0.2) is 0 Å². The molecule has 0 saturated carbocycles. The minimum absolute atomic E-state index is 0.118. The largest absolute Gasteiger partial charge is 0.311 e. The van der Waals surface area contributed by atoms with Crippen molar-refractivity contribution in [2.45, 2.75) is 13.8 Å². The molecule has 0 N–H and O–H groups in total. The molecule has 0 atom stereocenters. The first kappa shape index (κ1) is 13.8. The Kier molecular flexibility index (Phi) is 3.86. The molecule has 0 spiro atoms. The van der Waals surface area contributed by atoms with Gasteiger partial charge >= 0.3 is 0 Å². The SMILES string of the molecule is Cc1cc(C)cc(N(C)C(=O)c2cccc(C#N)c2)c1. The van der Waals surface area contributed by atoms with Gasteiger partial charge in [-0.2, -0.15) is 5.26 Å². The van der Waals surface area contributed by atoms with Gasteiger partial charge in [-0.15, -0.1) is 0 Å². The Labute approximate surface area is 119 Å². The number of benzene rings is 2. The third-order valence-electron chi connectivity index (χ3n) is 3.14. The van der Waals surface area contributed by atoms with Gasteiger partial charge < -0.3 is 4.90 Å². The number of hydrogen-bond donors (Lipinski definition) is 0. The Balaban J connectivity index is 2.35. The Morgan fingerprint density at radius 3 is 2.35 bits per heavy atom. The van der Waals surface area contributed by atoms with E-state index in [1.165, 1.54) is 0 Å². The second-order valence-electron chi connectivity index (χ2n) is 4.90. The second-order valence-corrected chi connectivity index (χ2v) is 4.90. The number of aryl methyl sites for hydroxylation is 2. The van der Waals surface area contributed by atoms with Crippen molar-refractivity contribution in [3.8, 4) is 6.07 Å². The summed E-state index contributed by atoms with van der Waals surface area (Å²) in [5.74, 6) is -0.118. The zero-order valence-corrected chi connectivity index (χ0v) is 11.8. The summed E-state index contributed by atoms with van der Waals surface area (Å²) in [6.07, 6.45) is 0. The fourth-order valence-electron chi connectivity index (χ4n) is 2.18. The quantitative estimate of drug-likeness (QED) is 0.833. The third kappa shape index (κ3) is 2.86. The van der Waals surface area contributed by atoms with Gasteiger partial charge in [0.15, 0.2) is 0 Å². The highest BCUT2D eigenvalue weighted by atomic mass is 16.2. The molecule has 1 amide bonds. The predicted octanol–water partition coefficient (Wildman–Crippen LogP) is 3.45. The molecule has 0 saturated heterocycles. The van der Waals surface area contributed by atoms with E-state index in [9.17, 15) is 4.79 Å². The summed E-state index contributed by atoms with van der Waals surface area (Å²) in [6.45, 7) is 4.01. The molecule has 0 bridgehead atoms. The summed E-state index contributed by atoms with van der Waals surface area (Å²) in [6, 6.07) is 14.8. The van der Waals surface area contributed by atoms with Crippen LogP contribution in [0, 0.1) is 25.2 Å². The lowest BCUT2D eigenvalue weighted by Crippen LogP contribution is -2.26. The van der Waals surface area contributed by atoms with Crippen molar-refractivity contribution in [2.24, 2.45) is 0 Å². The summed E-state index contributed by atoms with van der Waals surface area (Å²) in [7, 11) is 1.75. The van der Waals surface area contributed by atoms with E-state index in [1.54, 1.807) is 36.2 Å². The van der Waals surface area contributed by atoms with Crippen molar-refractivity contribution < 1.29 is 4.79 Å². The van der Waals surface area contributed by atoms with Crippen LogP contribution < -0.4 is 4.90 Å². The summed E-state index contributed by atoms with van der Waals surface area (Å²) in [4.78, 5) is 14.1. The molecule has 2 aromatic carbocycles. The molecule has 0 aliphatic carbocycles. The molecular weight excluding hydrogens is 248 g/mol. The molecule has 0 heterocycles. The highest BCUT2D eigenvalue weighted by Crippen LogP contribution is 2.19. The molecule has 20 heavy (non-hydrogen) atoms. The van der Waals surface area contributed by atoms with Crippen molar-refractivity contribution in [1.29, 1.82) is 5.26 Å². The predicted molar refractivity (Wildman–Crippen MR) is 79.8 cm³/mol. The van der Waals surface area contributed by atoms with Crippen LogP contribution in [-0.2, 0) is 0 Å². The van der Waals surface area contributed by atoms with Gasteiger partial charge in [-0.1, -0.05) is 12.1 Å². The van der Waals surface area contributed by atoms with E-state index in [2.05, 4.69) is 6.07 Å². The lowest BCUT2D eigenvalue weighted by Gasteiger charge is -2.18. The molecule has 2 aromatic rings. The first-order valence-electron chi connectivity index (χ1n) is 6.38. The topological polar surface area (TPSA) is 44.1 Å². The lowest BCUT2D eigenvalue weighted by molar-refractivity contribution is 0.0993. The highest BCUT2D eigenvalue weighted by molar-refractivity contribution is 6.06. The van der Waals surface area contributed by atoms with Crippen LogP contribution in [0.2, 0.25) is 0 Å². The molecule has 0 unspecified atom stereocenters. The highest BCUT2D eigenvalue weighted by Gasteiger charge is 2.14. The molecule has 100 valence electrons. The van der Waals surface area contributed by atoms with E-state index in [0.717, 1.165) is 16.8 Å². The number of nitrogens with zero attached hydrogens (tertiary/aromatic N) is 2. The Bertz CT molecular complexity index is 678. The normalized spacial score (nSPS) is 9.90. The monoisotopic (exact) mass is 264 g/mol. The van der Waals surface area contributed by atoms with E-state index < -0.39 is 0 Å². The summed E-state index contributed by atoms with van der Waals surface area (Å²) in [5.41, 5.74) is 4.10. The van der Waals surface area contributed by atoms with Crippen LogP contribution in [0.25, 0.3) is 0 Å². The van der Waals surface area contributed by atoms with Crippen LogP contribution >= 0.6 is 0 Å². The molecule has 3 heteroatoms. The third-order valence-corrected chi connectivity index (χ3v) is 3.14. The molecule has 0 aliphatic rings. The molecule has 0 aliphatic heterocycles. The summed E-state index contributed by atoms with van der Waals surface area (Å²) >= 11 is 0. The van der Waals surface area contributed by atoms with Crippen LogP contribution in [0.3, 0.4) is 0 Å². The van der Waals surface area contributed by atoms with Gasteiger partial charge in [0.05, 0.1) is 11.6 Å². The number of carbonyl (C=O) groups excluding carboxylic acids is 1. The molecule has 3 nitrogen and oxygen atoms in total. The zero-order valence-electron chi connectivity index (χ0n) is 11.8. The van der Waals surface area contributed by atoms with Gasteiger partial charge in [-0.3, -0.25) is 4.79 Å². The number of nitriles is 1. The van der Waals surface area contributed by atoms with Crippen LogP contribution in [0.5, 0.6) is 0 Å². The fourth-order valence-corrected chi connectivity index (χ4v) is 2.18. The lowest BCUT2D eigenvalue weighted by atomic mass is 10.1. The van der Waals surface area contributed by atoms with Crippen molar-refractivity contribution in [2.75, 3.05) is 11.9 Å².